The number of carboxylic acid groups (broad SMARTS) is 1. The number of amides is 1. The highest BCUT2D eigenvalue weighted by atomic mass is 16.5. The Hall–Kier alpha value is -2.82. The number of hydrogen-bond acceptors (Lipinski definition) is 3. The summed E-state index contributed by atoms with van der Waals surface area (Å²) in [5, 5.41) is 11.6. The van der Waals surface area contributed by atoms with E-state index in [4.69, 9.17) is 9.84 Å². The number of hydrogen-bond donors (Lipinski definition) is 2. The number of aliphatic carboxylic acids is 1. The minimum absolute atomic E-state index is 0.0597. The number of carboxylic acids is 1. The van der Waals surface area contributed by atoms with Crippen molar-refractivity contribution < 1.29 is 19.4 Å². The summed E-state index contributed by atoms with van der Waals surface area (Å²) in [6, 6.07) is 12.7. The van der Waals surface area contributed by atoms with E-state index in [0.717, 1.165) is 29.7 Å². The molecule has 0 unspecified atom stereocenters. The van der Waals surface area contributed by atoms with E-state index in [2.05, 4.69) is 19.2 Å². The van der Waals surface area contributed by atoms with Crippen molar-refractivity contribution in [3.8, 4) is 5.75 Å². The van der Waals surface area contributed by atoms with Crippen LogP contribution >= 0.6 is 0 Å². The lowest BCUT2D eigenvalue weighted by atomic mass is 10.0. The van der Waals surface area contributed by atoms with Gasteiger partial charge >= 0.3 is 5.97 Å². The van der Waals surface area contributed by atoms with Crippen LogP contribution in [0.1, 0.15) is 41.8 Å². The number of anilines is 1. The van der Waals surface area contributed by atoms with E-state index in [9.17, 15) is 9.59 Å². The maximum Gasteiger partial charge on any atom is 0.306 e. The summed E-state index contributed by atoms with van der Waals surface area (Å²) in [5.74, 6) is -0.536. The average molecular weight is 341 g/mol. The summed E-state index contributed by atoms with van der Waals surface area (Å²) in [6.07, 6.45) is 1.63. The molecule has 2 aromatic carbocycles. The number of benzene rings is 2. The summed E-state index contributed by atoms with van der Waals surface area (Å²) in [4.78, 5) is 23.0. The van der Waals surface area contributed by atoms with Crippen LogP contribution in [0.2, 0.25) is 0 Å². The van der Waals surface area contributed by atoms with Crippen molar-refractivity contribution in [2.75, 3.05) is 11.9 Å². The van der Waals surface area contributed by atoms with Crippen LogP contribution in [0.5, 0.6) is 5.75 Å². The molecule has 0 aliphatic rings. The molecule has 0 aliphatic heterocycles. The fourth-order valence-corrected chi connectivity index (χ4v) is 2.55. The van der Waals surface area contributed by atoms with Crippen LogP contribution in [-0.4, -0.2) is 23.6 Å². The highest BCUT2D eigenvalue weighted by Gasteiger charge is 2.12. The van der Waals surface area contributed by atoms with E-state index in [1.807, 2.05) is 18.2 Å². The van der Waals surface area contributed by atoms with Gasteiger partial charge in [-0.25, -0.2) is 0 Å². The number of carbonyl (C=O) groups is 2. The molecule has 2 N–H and O–H groups in total. The molecule has 0 atom stereocenters. The minimum Gasteiger partial charge on any atom is -0.493 e. The summed E-state index contributed by atoms with van der Waals surface area (Å²) in [7, 11) is 0. The van der Waals surface area contributed by atoms with E-state index in [1.54, 1.807) is 24.3 Å². The van der Waals surface area contributed by atoms with Crippen molar-refractivity contribution in [3.05, 3.63) is 59.2 Å². The Morgan fingerprint density at radius 2 is 1.60 bits per heavy atom. The van der Waals surface area contributed by atoms with Crippen LogP contribution in [0.25, 0.3) is 0 Å². The molecule has 2 rings (SSSR count). The van der Waals surface area contributed by atoms with Crippen LogP contribution in [0.15, 0.2) is 42.5 Å². The highest BCUT2D eigenvalue weighted by molar-refractivity contribution is 6.05. The Morgan fingerprint density at radius 3 is 2.12 bits per heavy atom. The first-order valence-electron chi connectivity index (χ1n) is 8.41. The van der Waals surface area contributed by atoms with Crippen molar-refractivity contribution >= 4 is 17.6 Å². The third-order valence-electron chi connectivity index (χ3n) is 3.94. The largest absolute Gasteiger partial charge is 0.493 e. The molecule has 2 aromatic rings. The minimum atomic E-state index is -0.905. The number of para-hydroxylation sites is 1. The smallest absolute Gasteiger partial charge is 0.306 e. The van der Waals surface area contributed by atoms with Crippen molar-refractivity contribution in [1.29, 1.82) is 0 Å². The lowest BCUT2D eigenvalue weighted by Crippen LogP contribution is -2.15. The molecule has 0 saturated heterocycles. The fraction of sp³-hybridized carbons (Fsp3) is 0.300. The van der Waals surface area contributed by atoms with Gasteiger partial charge in [-0.3, -0.25) is 9.59 Å². The van der Waals surface area contributed by atoms with Gasteiger partial charge < -0.3 is 15.2 Å². The Balaban J connectivity index is 2.08. The van der Waals surface area contributed by atoms with Gasteiger partial charge in [0, 0.05) is 11.3 Å². The number of rotatable bonds is 8. The molecule has 5 heteroatoms. The normalized spacial score (nSPS) is 10.3. The zero-order valence-electron chi connectivity index (χ0n) is 14.5. The standard InChI is InChI=1S/C20H23NO4/c1-3-14-6-5-7-15(4-2)19(14)21-20(24)16-8-10-17(11-9-16)25-13-12-18(22)23/h5-11H,3-4,12-13H2,1-2H3,(H,21,24)(H,22,23). The Morgan fingerprint density at radius 1 is 1.00 bits per heavy atom. The first-order valence-corrected chi connectivity index (χ1v) is 8.41. The van der Waals surface area contributed by atoms with Crippen molar-refractivity contribution in [2.45, 2.75) is 33.1 Å². The predicted molar refractivity (Wildman–Crippen MR) is 97.3 cm³/mol. The molecule has 0 aliphatic carbocycles. The van der Waals surface area contributed by atoms with Crippen LogP contribution in [-0.2, 0) is 17.6 Å². The Kier molecular flexibility index (Phi) is 6.57. The van der Waals surface area contributed by atoms with Gasteiger partial charge in [0.15, 0.2) is 0 Å². The van der Waals surface area contributed by atoms with E-state index in [0.29, 0.717) is 11.3 Å². The number of aryl methyl sites for hydroxylation is 2. The average Bonchev–Trinajstić information content (AvgIpc) is 2.62. The molecule has 5 nitrogen and oxygen atoms in total. The second-order valence-corrected chi connectivity index (χ2v) is 5.63. The Labute approximate surface area is 147 Å². The molecule has 25 heavy (non-hydrogen) atoms. The Bertz CT molecular complexity index is 716. The molecule has 0 radical (unpaired) electrons. The third kappa shape index (κ3) is 5.08. The highest BCUT2D eigenvalue weighted by Crippen LogP contribution is 2.23. The first-order chi connectivity index (χ1) is 12.0. The van der Waals surface area contributed by atoms with Gasteiger partial charge in [0.2, 0.25) is 0 Å². The molecule has 1 amide bonds. The molecule has 0 heterocycles. The molecule has 0 bridgehead atoms. The lowest BCUT2D eigenvalue weighted by molar-refractivity contribution is -0.137. The van der Waals surface area contributed by atoms with Gasteiger partial charge in [-0.15, -0.1) is 0 Å². The van der Waals surface area contributed by atoms with Crippen LogP contribution in [0.3, 0.4) is 0 Å². The summed E-state index contributed by atoms with van der Waals surface area (Å²) < 4.78 is 5.33. The lowest BCUT2D eigenvalue weighted by Gasteiger charge is -2.14. The second kappa shape index (κ2) is 8.87. The number of nitrogens with one attached hydrogen (secondary N) is 1. The number of ether oxygens (including phenoxy) is 1. The van der Waals surface area contributed by atoms with Crippen molar-refractivity contribution in [3.63, 3.8) is 0 Å². The quantitative estimate of drug-likeness (QED) is 0.763. The predicted octanol–water partition coefficient (Wildman–Crippen LogP) is 3.92. The van der Waals surface area contributed by atoms with E-state index >= 15 is 0 Å². The molecule has 0 saturated carbocycles. The monoisotopic (exact) mass is 341 g/mol. The SMILES string of the molecule is CCc1cccc(CC)c1NC(=O)c1ccc(OCCC(=O)O)cc1. The van der Waals surface area contributed by atoms with Gasteiger partial charge in [-0.05, 0) is 48.2 Å². The molecular formula is C20H23NO4. The van der Waals surface area contributed by atoms with Gasteiger partial charge in [-0.1, -0.05) is 32.0 Å². The first kappa shape index (κ1) is 18.5. The van der Waals surface area contributed by atoms with Crippen LogP contribution in [0, 0.1) is 0 Å². The fourth-order valence-electron chi connectivity index (χ4n) is 2.55. The van der Waals surface area contributed by atoms with Crippen molar-refractivity contribution in [1.82, 2.24) is 0 Å². The summed E-state index contributed by atoms with van der Waals surface area (Å²) in [5.41, 5.74) is 3.64. The zero-order chi connectivity index (χ0) is 18.2. The second-order valence-electron chi connectivity index (χ2n) is 5.63. The van der Waals surface area contributed by atoms with Crippen molar-refractivity contribution in [2.24, 2.45) is 0 Å². The maximum absolute atomic E-state index is 12.5. The van der Waals surface area contributed by atoms with Gasteiger partial charge in [-0.2, -0.15) is 0 Å². The molecule has 0 spiro atoms. The molecule has 0 fully saturated rings. The van der Waals surface area contributed by atoms with Gasteiger partial charge in [0.05, 0.1) is 13.0 Å². The number of carbonyl (C=O) groups excluding carboxylic acids is 1. The van der Waals surface area contributed by atoms with E-state index in [1.165, 1.54) is 0 Å². The van der Waals surface area contributed by atoms with Gasteiger partial charge in [0.1, 0.15) is 5.75 Å². The summed E-state index contributed by atoms with van der Waals surface area (Å²) >= 11 is 0. The summed E-state index contributed by atoms with van der Waals surface area (Å²) in [6.45, 7) is 4.23. The van der Waals surface area contributed by atoms with Crippen LogP contribution < -0.4 is 10.1 Å². The zero-order valence-corrected chi connectivity index (χ0v) is 14.5. The maximum atomic E-state index is 12.5. The van der Waals surface area contributed by atoms with Crippen LogP contribution in [0.4, 0.5) is 5.69 Å². The van der Waals surface area contributed by atoms with E-state index in [-0.39, 0.29) is 18.9 Å². The third-order valence-corrected chi connectivity index (χ3v) is 3.94. The topological polar surface area (TPSA) is 75.6 Å². The van der Waals surface area contributed by atoms with Gasteiger partial charge in [0.25, 0.3) is 5.91 Å². The molecule has 0 aromatic heterocycles. The van der Waals surface area contributed by atoms with E-state index < -0.39 is 5.97 Å². The molecular weight excluding hydrogens is 318 g/mol. The molecule has 132 valence electrons.